The second-order valence-electron chi connectivity index (χ2n) is 3.36. The van der Waals surface area contributed by atoms with Crippen LogP contribution in [0, 0.1) is 0 Å². The number of nitrogens with zero attached hydrogens (tertiary/aromatic N) is 3. The van der Waals surface area contributed by atoms with E-state index in [0.29, 0.717) is 12.4 Å². The average Bonchev–Trinajstić information content (AvgIpc) is 2.65. The Morgan fingerprint density at radius 1 is 1.56 bits per heavy atom. The highest BCUT2D eigenvalue weighted by molar-refractivity contribution is 9.10. The van der Waals surface area contributed by atoms with E-state index in [4.69, 9.17) is 5.73 Å². The van der Waals surface area contributed by atoms with Crippen LogP contribution in [0.1, 0.15) is 5.82 Å². The molecule has 0 aliphatic rings. The molecule has 2 aromatic heterocycles. The standard InChI is InChI=1S/C10H11BrN4S/c1-15(10-4-7(11)6-16-10)5-9-13-3-2-8(12)14-9/h2-4,6H,5H2,1H3,(H2,12,13,14). The first-order valence-electron chi connectivity index (χ1n) is 4.68. The number of nitrogens with two attached hydrogens (primary N) is 1. The molecule has 6 heteroatoms. The number of halogens is 1. The van der Waals surface area contributed by atoms with Gasteiger partial charge in [0.2, 0.25) is 0 Å². The van der Waals surface area contributed by atoms with Crippen LogP contribution in [-0.2, 0) is 6.54 Å². The SMILES string of the molecule is CN(Cc1nccc(N)n1)c1cc(Br)cs1. The van der Waals surface area contributed by atoms with E-state index in [1.807, 2.05) is 12.4 Å². The van der Waals surface area contributed by atoms with Gasteiger partial charge in [-0.25, -0.2) is 9.97 Å². The number of rotatable bonds is 3. The van der Waals surface area contributed by atoms with Gasteiger partial charge in [-0.05, 0) is 28.1 Å². The van der Waals surface area contributed by atoms with Crippen LogP contribution >= 0.6 is 27.3 Å². The van der Waals surface area contributed by atoms with E-state index in [-0.39, 0.29) is 0 Å². The quantitative estimate of drug-likeness (QED) is 0.946. The zero-order valence-electron chi connectivity index (χ0n) is 8.72. The normalized spacial score (nSPS) is 10.4. The van der Waals surface area contributed by atoms with Crippen LogP contribution in [0.4, 0.5) is 10.8 Å². The largest absolute Gasteiger partial charge is 0.384 e. The first-order valence-corrected chi connectivity index (χ1v) is 6.35. The molecular weight excluding hydrogens is 288 g/mol. The molecule has 0 unspecified atom stereocenters. The minimum absolute atomic E-state index is 0.505. The molecule has 0 aliphatic carbocycles. The highest BCUT2D eigenvalue weighted by Crippen LogP contribution is 2.27. The maximum absolute atomic E-state index is 5.60. The first kappa shape index (κ1) is 11.3. The number of hydrogen-bond donors (Lipinski definition) is 1. The summed E-state index contributed by atoms with van der Waals surface area (Å²) >= 11 is 5.10. The predicted molar refractivity (Wildman–Crippen MR) is 70.6 cm³/mol. The molecule has 0 atom stereocenters. The second-order valence-corrected chi connectivity index (χ2v) is 5.16. The Balaban J connectivity index is 2.10. The molecule has 2 aromatic rings. The van der Waals surface area contributed by atoms with Gasteiger partial charge in [0, 0.05) is 23.1 Å². The van der Waals surface area contributed by atoms with Crippen molar-refractivity contribution in [2.75, 3.05) is 17.7 Å². The molecule has 0 saturated carbocycles. The Labute approximate surface area is 106 Å². The third-order valence-corrected chi connectivity index (χ3v) is 3.84. The van der Waals surface area contributed by atoms with E-state index >= 15 is 0 Å². The fourth-order valence-corrected chi connectivity index (χ4v) is 2.67. The fourth-order valence-electron chi connectivity index (χ4n) is 1.28. The van der Waals surface area contributed by atoms with Gasteiger partial charge in [0.15, 0.2) is 0 Å². The number of aromatic nitrogens is 2. The average molecular weight is 299 g/mol. The number of anilines is 2. The molecule has 84 valence electrons. The van der Waals surface area contributed by atoms with Crippen molar-refractivity contribution >= 4 is 38.1 Å². The van der Waals surface area contributed by atoms with E-state index in [0.717, 1.165) is 15.3 Å². The lowest BCUT2D eigenvalue weighted by atomic mass is 10.4. The minimum Gasteiger partial charge on any atom is -0.384 e. The Morgan fingerprint density at radius 3 is 3.00 bits per heavy atom. The summed E-state index contributed by atoms with van der Waals surface area (Å²) in [6.07, 6.45) is 1.68. The predicted octanol–water partition coefficient (Wildman–Crippen LogP) is 2.52. The summed E-state index contributed by atoms with van der Waals surface area (Å²) in [4.78, 5) is 10.4. The summed E-state index contributed by atoms with van der Waals surface area (Å²) in [7, 11) is 2.00. The number of hydrogen-bond acceptors (Lipinski definition) is 5. The third-order valence-electron chi connectivity index (χ3n) is 2.04. The van der Waals surface area contributed by atoms with E-state index in [1.165, 1.54) is 0 Å². The van der Waals surface area contributed by atoms with Crippen LogP contribution in [0.25, 0.3) is 0 Å². The van der Waals surface area contributed by atoms with Crippen molar-refractivity contribution in [3.8, 4) is 0 Å². The molecule has 0 radical (unpaired) electrons. The van der Waals surface area contributed by atoms with Crippen LogP contribution in [0.5, 0.6) is 0 Å². The third kappa shape index (κ3) is 2.70. The van der Waals surface area contributed by atoms with Crippen molar-refractivity contribution in [2.24, 2.45) is 0 Å². The van der Waals surface area contributed by atoms with Crippen molar-refractivity contribution in [3.63, 3.8) is 0 Å². The zero-order valence-corrected chi connectivity index (χ0v) is 11.1. The van der Waals surface area contributed by atoms with E-state index < -0.39 is 0 Å². The van der Waals surface area contributed by atoms with Crippen LogP contribution < -0.4 is 10.6 Å². The molecule has 0 aromatic carbocycles. The smallest absolute Gasteiger partial charge is 0.149 e. The summed E-state index contributed by atoms with van der Waals surface area (Å²) in [5.41, 5.74) is 5.60. The molecule has 0 spiro atoms. The monoisotopic (exact) mass is 298 g/mol. The lowest BCUT2D eigenvalue weighted by Gasteiger charge is -2.15. The van der Waals surface area contributed by atoms with Gasteiger partial charge in [-0.2, -0.15) is 0 Å². The van der Waals surface area contributed by atoms with Crippen LogP contribution in [0.2, 0.25) is 0 Å². The van der Waals surface area contributed by atoms with Gasteiger partial charge in [-0.15, -0.1) is 11.3 Å². The van der Waals surface area contributed by atoms with Gasteiger partial charge >= 0.3 is 0 Å². The molecule has 2 N–H and O–H groups in total. The van der Waals surface area contributed by atoms with Gasteiger partial charge in [0.25, 0.3) is 0 Å². The Bertz CT molecular complexity index is 485. The molecule has 0 aliphatic heterocycles. The molecule has 0 saturated heterocycles. The van der Waals surface area contributed by atoms with Gasteiger partial charge < -0.3 is 10.6 Å². The number of nitrogen functional groups attached to an aromatic ring is 1. The summed E-state index contributed by atoms with van der Waals surface area (Å²) in [5, 5.41) is 3.21. The highest BCUT2D eigenvalue weighted by atomic mass is 79.9. The maximum Gasteiger partial charge on any atom is 0.149 e. The van der Waals surface area contributed by atoms with E-state index in [9.17, 15) is 0 Å². The summed E-state index contributed by atoms with van der Waals surface area (Å²) < 4.78 is 1.09. The van der Waals surface area contributed by atoms with Gasteiger partial charge in [0.05, 0.1) is 11.5 Å². The fraction of sp³-hybridized carbons (Fsp3) is 0.200. The zero-order chi connectivity index (χ0) is 11.5. The summed E-state index contributed by atoms with van der Waals surface area (Å²) in [6.45, 7) is 0.651. The Hall–Kier alpha value is -1.14. The summed E-state index contributed by atoms with van der Waals surface area (Å²) in [5.74, 6) is 1.23. The van der Waals surface area contributed by atoms with Gasteiger partial charge in [-0.1, -0.05) is 0 Å². The van der Waals surface area contributed by atoms with Crippen LogP contribution in [0.15, 0.2) is 28.2 Å². The first-order chi connectivity index (χ1) is 7.65. The molecular formula is C10H11BrN4S. The molecule has 2 rings (SSSR count). The lowest BCUT2D eigenvalue weighted by molar-refractivity contribution is 0.847. The van der Waals surface area contributed by atoms with Gasteiger partial charge in [-0.3, -0.25) is 0 Å². The highest BCUT2D eigenvalue weighted by Gasteiger charge is 2.06. The Morgan fingerprint density at radius 2 is 2.38 bits per heavy atom. The molecule has 4 nitrogen and oxygen atoms in total. The van der Waals surface area contributed by atoms with Crippen molar-refractivity contribution in [3.05, 3.63) is 34.0 Å². The van der Waals surface area contributed by atoms with Crippen molar-refractivity contribution in [1.82, 2.24) is 9.97 Å². The summed E-state index contributed by atoms with van der Waals surface area (Å²) in [6, 6.07) is 3.75. The second kappa shape index (κ2) is 4.80. The van der Waals surface area contributed by atoms with Gasteiger partial charge in [0.1, 0.15) is 11.6 Å². The van der Waals surface area contributed by atoms with Crippen LogP contribution in [0.3, 0.4) is 0 Å². The molecule has 0 fully saturated rings. The molecule has 2 heterocycles. The minimum atomic E-state index is 0.505. The Kier molecular flexibility index (Phi) is 3.40. The molecule has 0 bridgehead atoms. The topological polar surface area (TPSA) is 55.0 Å². The number of thiophene rings is 1. The van der Waals surface area contributed by atoms with Crippen molar-refractivity contribution in [2.45, 2.75) is 6.54 Å². The van der Waals surface area contributed by atoms with Crippen LogP contribution in [-0.4, -0.2) is 17.0 Å². The lowest BCUT2D eigenvalue weighted by Crippen LogP contribution is -2.17. The molecule has 0 amide bonds. The van der Waals surface area contributed by atoms with Crippen molar-refractivity contribution in [1.29, 1.82) is 0 Å². The van der Waals surface area contributed by atoms with E-state index in [1.54, 1.807) is 23.6 Å². The maximum atomic E-state index is 5.60. The molecule has 16 heavy (non-hydrogen) atoms. The van der Waals surface area contributed by atoms with E-state index in [2.05, 4.69) is 36.9 Å². The van der Waals surface area contributed by atoms with Crippen molar-refractivity contribution < 1.29 is 0 Å².